The van der Waals surface area contributed by atoms with Gasteiger partial charge in [0.15, 0.2) is 11.5 Å². The van der Waals surface area contributed by atoms with Crippen molar-refractivity contribution in [2.24, 2.45) is 0 Å². The summed E-state index contributed by atoms with van der Waals surface area (Å²) in [5.41, 5.74) is 2.10. The van der Waals surface area contributed by atoms with E-state index in [0.29, 0.717) is 28.5 Å². The van der Waals surface area contributed by atoms with Gasteiger partial charge in [0.2, 0.25) is 15.8 Å². The number of para-hydroxylation sites is 1. The number of hydrogen-bond acceptors (Lipinski definition) is 6. The number of nitrogens with one attached hydrogen (secondary N) is 1. The smallest absolute Gasteiger partial charge is 0.247 e. The molecule has 7 nitrogen and oxygen atoms in total. The van der Waals surface area contributed by atoms with Crippen LogP contribution in [0.4, 0.5) is 5.69 Å². The first-order chi connectivity index (χ1) is 15.0. The molecule has 0 aliphatic carbocycles. The molecule has 0 amide bonds. The van der Waals surface area contributed by atoms with Gasteiger partial charge in [-0.15, -0.1) is 0 Å². The van der Waals surface area contributed by atoms with Crippen molar-refractivity contribution in [2.75, 3.05) is 26.6 Å². The number of sulfonamides is 1. The Morgan fingerprint density at radius 3 is 2.10 bits per heavy atom. The lowest BCUT2D eigenvalue weighted by atomic mass is 10.1. The van der Waals surface area contributed by atoms with Gasteiger partial charge >= 0.3 is 0 Å². The average molecular weight is 441 g/mol. The number of fused-ring (bicyclic) bond motifs is 1. The molecule has 1 heterocycles. The second-order valence-electron chi connectivity index (χ2n) is 7.04. The van der Waals surface area contributed by atoms with Crippen LogP contribution in [0.15, 0.2) is 71.6 Å². The Balaban J connectivity index is 1.88. The van der Waals surface area contributed by atoms with E-state index in [2.05, 4.69) is 5.32 Å². The Morgan fingerprint density at radius 2 is 1.48 bits per heavy atom. The Bertz CT molecular complexity index is 1160. The fourth-order valence-electron chi connectivity index (χ4n) is 3.74. The number of nitrogens with zero attached hydrogens (tertiary/aromatic N) is 1. The number of rotatable bonds is 6. The van der Waals surface area contributed by atoms with Crippen LogP contribution in [0.3, 0.4) is 0 Å². The molecule has 0 saturated carbocycles. The van der Waals surface area contributed by atoms with E-state index >= 15 is 0 Å². The van der Waals surface area contributed by atoms with Gasteiger partial charge in [0.05, 0.1) is 27.0 Å². The molecule has 0 spiro atoms. The molecule has 1 aliphatic heterocycles. The van der Waals surface area contributed by atoms with Crippen LogP contribution >= 0.6 is 0 Å². The Kier molecular flexibility index (Phi) is 5.75. The van der Waals surface area contributed by atoms with Crippen molar-refractivity contribution < 1.29 is 22.6 Å². The number of methoxy groups -OCH3 is 3. The first-order valence-corrected chi connectivity index (χ1v) is 11.1. The predicted molar refractivity (Wildman–Crippen MR) is 118 cm³/mol. The van der Waals surface area contributed by atoms with E-state index in [4.69, 9.17) is 14.2 Å². The van der Waals surface area contributed by atoms with Crippen LogP contribution in [-0.2, 0) is 16.6 Å². The van der Waals surface area contributed by atoms with E-state index < -0.39 is 16.2 Å². The number of hydrogen-bond donors (Lipinski definition) is 1. The lowest BCUT2D eigenvalue weighted by molar-refractivity contribution is 0.314. The Morgan fingerprint density at radius 1 is 0.871 bits per heavy atom. The molecule has 4 rings (SSSR count). The Hall–Kier alpha value is -3.23. The van der Waals surface area contributed by atoms with Crippen molar-refractivity contribution in [3.63, 3.8) is 0 Å². The number of ether oxygens (including phenoxy) is 3. The van der Waals surface area contributed by atoms with Gasteiger partial charge < -0.3 is 19.5 Å². The van der Waals surface area contributed by atoms with Crippen molar-refractivity contribution in [3.8, 4) is 17.2 Å². The second kappa shape index (κ2) is 8.49. The van der Waals surface area contributed by atoms with E-state index in [1.54, 1.807) is 36.4 Å². The van der Waals surface area contributed by atoms with Gasteiger partial charge in [0.25, 0.3) is 0 Å². The fourth-order valence-corrected chi connectivity index (χ4v) is 5.42. The standard InChI is InChI=1S/C23H24N2O5S/c1-28-19-13-17(14-20(29-2)22(19)30-3)23-24-18-11-7-8-12-21(18)31(26,27)25(23)15-16-9-5-4-6-10-16/h4-14,23-24H,15H2,1-3H3/t23-/m1/s1. The van der Waals surface area contributed by atoms with E-state index in [0.717, 1.165) is 5.56 Å². The van der Waals surface area contributed by atoms with E-state index in [1.165, 1.54) is 25.6 Å². The predicted octanol–water partition coefficient (Wildman–Crippen LogP) is 4.03. The maximum Gasteiger partial charge on any atom is 0.247 e. The average Bonchev–Trinajstić information content (AvgIpc) is 2.80. The molecule has 3 aromatic carbocycles. The molecule has 0 saturated heterocycles. The lowest BCUT2D eigenvalue weighted by Gasteiger charge is -2.37. The molecule has 1 atom stereocenters. The summed E-state index contributed by atoms with van der Waals surface area (Å²) >= 11 is 0. The van der Waals surface area contributed by atoms with Crippen LogP contribution < -0.4 is 19.5 Å². The topological polar surface area (TPSA) is 77.1 Å². The van der Waals surface area contributed by atoms with Gasteiger partial charge in [-0.05, 0) is 35.4 Å². The summed E-state index contributed by atoms with van der Waals surface area (Å²) in [4.78, 5) is 0.245. The summed E-state index contributed by atoms with van der Waals surface area (Å²) in [6.07, 6.45) is -0.672. The summed E-state index contributed by atoms with van der Waals surface area (Å²) in [5.74, 6) is 1.35. The van der Waals surface area contributed by atoms with Crippen LogP contribution in [0.5, 0.6) is 17.2 Å². The quantitative estimate of drug-likeness (QED) is 0.624. The minimum absolute atomic E-state index is 0.200. The second-order valence-corrected chi connectivity index (χ2v) is 8.90. The maximum absolute atomic E-state index is 13.6. The lowest BCUT2D eigenvalue weighted by Crippen LogP contribution is -2.42. The summed E-state index contributed by atoms with van der Waals surface area (Å²) in [6, 6.07) is 19.9. The first-order valence-electron chi connectivity index (χ1n) is 9.71. The molecule has 0 bridgehead atoms. The SMILES string of the molecule is COc1cc([C@@H]2Nc3ccccc3S(=O)(=O)N2Cc2ccccc2)cc(OC)c1OC. The van der Waals surface area contributed by atoms with Gasteiger partial charge in [0.1, 0.15) is 11.1 Å². The van der Waals surface area contributed by atoms with Crippen LogP contribution in [-0.4, -0.2) is 34.1 Å². The van der Waals surface area contributed by atoms with Crippen molar-refractivity contribution in [2.45, 2.75) is 17.6 Å². The largest absolute Gasteiger partial charge is 0.493 e. The maximum atomic E-state index is 13.6. The summed E-state index contributed by atoms with van der Waals surface area (Å²) < 4.78 is 45.1. The van der Waals surface area contributed by atoms with Gasteiger partial charge in [0, 0.05) is 6.54 Å². The highest BCUT2D eigenvalue weighted by molar-refractivity contribution is 7.89. The molecule has 31 heavy (non-hydrogen) atoms. The minimum Gasteiger partial charge on any atom is -0.493 e. The summed E-state index contributed by atoms with van der Waals surface area (Å²) in [6.45, 7) is 0.200. The zero-order chi connectivity index (χ0) is 22.0. The van der Waals surface area contributed by atoms with Gasteiger partial charge in [-0.3, -0.25) is 0 Å². The highest BCUT2D eigenvalue weighted by Crippen LogP contribution is 2.44. The molecule has 0 aromatic heterocycles. The molecule has 0 unspecified atom stereocenters. The van der Waals surface area contributed by atoms with Crippen LogP contribution in [0.1, 0.15) is 17.3 Å². The van der Waals surface area contributed by atoms with Gasteiger partial charge in [-0.2, -0.15) is 4.31 Å². The molecule has 3 aromatic rings. The third-order valence-corrected chi connectivity index (χ3v) is 7.11. The van der Waals surface area contributed by atoms with Crippen molar-refractivity contribution >= 4 is 15.7 Å². The molecule has 162 valence electrons. The highest BCUT2D eigenvalue weighted by Gasteiger charge is 2.39. The van der Waals surface area contributed by atoms with Crippen LogP contribution in [0.2, 0.25) is 0 Å². The molecular weight excluding hydrogens is 416 g/mol. The Labute approximate surface area is 182 Å². The molecule has 0 radical (unpaired) electrons. The van der Waals surface area contributed by atoms with Crippen LogP contribution in [0, 0.1) is 0 Å². The fraction of sp³-hybridized carbons (Fsp3) is 0.217. The normalized spacial score (nSPS) is 17.3. The molecule has 1 aliphatic rings. The number of anilines is 1. The first kappa shape index (κ1) is 21.0. The van der Waals surface area contributed by atoms with Crippen molar-refractivity contribution in [1.29, 1.82) is 0 Å². The minimum atomic E-state index is -3.78. The third-order valence-electron chi connectivity index (χ3n) is 5.24. The van der Waals surface area contributed by atoms with Crippen molar-refractivity contribution in [3.05, 3.63) is 77.9 Å². The highest BCUT2D eigenvalue weighted by atomic mass is 32.2. The van der Waals surface area contributed by atoms with Crippen molar-refractivity contribution in [1.82, 2.24) is 4.31 Å². The van der Waals surface area contributed by atoms with Gasteiger partial charge in [-0.25, -0.2) is 8.42 Å². The van der Waals surface area contributed by atoms with Gasteiger partial charge in [-0.1, -0.05) is 42.5 Å². The third kappa shape index (κ3) is 3.80. The molecular formula is C23H24N2O5S. The molecule has 1 N–H and O–H groups in total. The zero-order valence-corrected chi connectivity index (χ0v) is 18.3. The monoisotopic (exact) mass is 440 g/mol. The summed E-state index contributed by atoms with van der Waals surface area (Å²) in [7, 11) is 0.816. The van der Waals surface area contributed by atoms with E-state index in [9.17, 15) is 8.42 Å². The van der Waals surface area contributed by atoms with Crippen LogP contribution in [0.25, 0.3) is 0 Å². The molecule has 0 fully saturated rings. The molecule has 8 heteroatoms. The van der Waals surface area contributed by atoms with E-state index in [1.807, 2.05) is 30.3 Å². The van der Waals surface area contributed by atoms with E-state index in [-0.39, 0.29) is 11.4 Å². The summed E-state index contributed by atoms with van der Waals surface area (Å²) in [5, 5.41) is 3.37. The zero-order valence-electron chi connectivity index (χ0n) is 17.5. The number of benzene rings is 3.